The second-order valence-corrected chi connectivity index (χ2v) is 6.49. The van der Waals surface area contributed by atoms with Gasteiger partial charge in [0.2, 0.25) is 5.95 Å². The molecule has 0 amide bonds. The molecule has 2 saturated carbocycles. The molecular weight excluding hydrogens is 272 g/mol. The maximum Gasteiger partial charge on any atom is 0.221 e. The van der Waals surface area contributed by atoms with E-state index in [-0.39, 0.29) is 0 Å². The molecule has 0 unspecified atom stereocenters. The van der Waals surface area contributed by atoms with Crippen LogP contribution in [-0.4, -0.2) is 24.7 Å². The number of hydrogen-bond acceptors (Lipinski definition) is 6. The summed E-state index contributed by atoms with van der Waals surface area (Å²) in [7, 11) is 0. The molecule has 2 heterocycles. The zero-order valence-electron chi connectivity index (χ0n) is 11.3. The van der Waals surface area contributed by atoms with Crippen LogP contribution >= 0.6 is 11.8 Å². The van der Waals surface area contributed by atoms with Crippen LogP contribution in [0.3, 0.4) is 0 Å². The maximum atomic E-state index is 5.68. The van der Waals surface area contributed by atoms with E-state index in [2.05, 4.69) is 24.7 Å². The Morgan fingerprint density at radius 2 is 2.05 bits per heavy atom. The van der Waals surface area contributed by atoms with Gasteiger partial charge in [-0.1, -0.05) is 0 Å². The van der Waals surface area contributed by atoms with Crippen LogP contribution in [0.15, 0.2) is 16.4 Å². The lowest BCUT2D eigenvalue weighted by molar-refractivity contribution is 0.626. The first-order valence-electron chi connectivity index (χ1n) is 6.94. The Morgan fingerprint density at radius 1 is 1.25 bits per heavy atom. The lowest BCUT2D eigenvalue weighted by Gasteiger charge is -2.08. The second kappa shape index (κ2) is 4.44. The van der Waals surface area contributed by atoms with E-state index in [1.165, 1.54) is 25.7 Å². The summed E-state index contributed by atoms with van der Waals surface area (Å²) in [5.74, 6) is 2.08. The first-order valence-corrected chi connectivity index (χ1v) is 7.76. The SMILES string of the molecule is Cc1cnc(N)nc1Sc1nnc(C2CC2)n1C1CC1. The predicted octanol–water partition coefficient (Wildman–Crippen LogP) is 2.32. The highest BCUT2D eigenvalue weighted by Gasteiger charge is 2.36. The summed E-state index contributed by atoms with van der Waals surface area (Å²) in [4.78, 5) is 8.31. The molecule has 0 aliphatic heterocycles. The minimum absolute atomic E-state index is 0.304. The highest BCUT2D eigenvalue weighted by atomic mass is 32.2. The Bertz CT molecular complexity index is 659. The molecule has 104 valence electrons. The normalized spacial score (nSPS) is 18.4. The molecule has 2 fully saturated rings. The van der Waals surface area contributed by atoms with Crippen LogP contribution in [-0.2, 0) is 0 Å². The summed E-state index contributed by atoms with van der Waals surface area (Å²) < 4.78 is 2.32. The molecule has 2 N–H and O–H groups in total. The molecule has 20 heavy (non-hydrogen) atoms. The molecule has 0 radical (unpaired) electrons. The van der Waals surface area contributed by atoms with Gasteiger partial charge in [-0.3, -0.25) is 0 Å². The molecule has 6 nitrogen and oxygen atoms in total. The maximum absolute atomic E-state index is 5.68. The first-order chi connectivity index (χ1) is 9.72. The zero-order chi connectivity index (χ0) is 13.7. The van der Waals surface area contributed by atoms with Gasteiger partial charge >= 0.3 is 0 Å². The van der Waals surface area contributed by atoms with E-state index in [0.29, 0.717) is 17.9 Å². The van der Waals surface area contributed by atoms with Crippen LogP contribution < -0.4 is 5.73 Å². The number of anilines is 1. The number of nitrogen functional groups attached to an aromatic ring is 1. The van der Waals surface area contributed by atoms with Gasteiger partial charge < -0.3 is 10.3 Å². The topological polar surface area (TPSA) is 82.5 Å². The van der Waals surface area contributed by atoms with E-state index in [1.807, 2.05) is 6.92 Å². The molecular formula is C13H16N6S. The Balaban J connectivity index is 1.70. The lowest BCUT2D eigenvalue weighted by Crippen LogP contribution is -2.03. The van der Waals surface area contributed by atoms with Crippen LogP contribution in [0.1, 0.15) is 49.0 Å². The van der Waals surface area contributed by atoms with Crippen molar-refractivity contribution < 1.29 is 0 Å². The van der Waals surface area contributed by atoms with Crippen molar-refractivity contribution in [3.63, 3.8) is 0 Å². The average Bonchev–Trinajstić information content (AvgIpc) is 3.33. The van der Waals surface area contributed by atoms with Crippen molar-refractivity contribution in [2.45, 2.75) is 54.7 Å². The second-order valence-electron chi connectivity index (χ2n) is 5.53. The van der Waals surface area contributed by atoms with Crippen molar-refractivity contribution in [2.75, 3.05) is 5.73 Å². The van der Waals surface area contributed by atoms with Crippen molar-refractivity contribution in [3.05, 3.63) is 17.6 Å². The van der Waals surface area contributed by atoms with Gasteiger partial charge in [-0.25, -0.2) is 9.97 Å². The summed E-state index contributed by atoms with van der Waals surface area (Å²) >= 11 is 1.55. The summed E-state index contributed by atoms with van der Waals surface area (Å²) in [5, 5.41) is 10.6. The average molecular weight is 288 g/mol. The van der Waals surface area contributed by atoms with Crippen LogP contribution in [0.2, 0.25) is 0 Å². The zero-order valence-corrected chi connectivity index (χ0v) is 12.1. The van der Waals surface area contributed by atoms with Crippen molar-refractivity contribution in [1.29, 1.82) is 0 Å². The molecule has 2 aromatic heterocycles. The summed E-state index contributed by atoms with van der Waals surface area (Å²) in [5.41, 5.74) is 6.69. The van der Waals surface area contributed by atoms with Crippen molar-refractivity contribution in [3.8, 4) is 0 Å². The Hall–Kier alpha value is -1.63. The van der Waals surface area contributed by atoms with Crippen LogP contribution in [0, 0.1) is 6.92 Å². The first kappa shape index (κ1) is 12.1. The Labute approximate surface area is 121 Å². The Kier molecular flexibility index (Phi) is 2.70. The number of nitrogens with two attached hydrogens (primary N) is 1. The molecule has 0 aromatic carbocycles. The molecule has 4 rings (SSSR count). The monoisotopic (exact) mass is 288 g/mol. The fourth-order valence-corrected chi connectivity index (χ4v) is 3.23. The number of aryl methyl sites for hydroxylation is 1. The number of nitrogens with zero attached hydrogens (tertiary/aromatic N) is 5. The van der Waals surface area contributed by atoms with Gasteiger partial charge in [0.25, 0.3) is 0 Å². The summed E-state index contributed by atoms with van der Waals surface area (Å²) in [6, 6.07) is 0.586. The minimum Gasteiger partial charge on any atom is -0.368 e. The van der Waals surface area contributed by atoms with Gasteiger partial charge in [0, 0.05) is 23.7 Å². The fraction of sp³-hybridized carbons (Fsp3) is 0.538. The van der Waals surface area contributed by atoms with E-state index < -0.39 is 0 Å². The van der Waals surface area contributed by atoms with E-state index in [9.17, 15) is 0 Å². The van der Waals surface area contributed by atoms with E-state index in [4.69, 9.17) is 5.73 Å². The van der Waals surface area contributed by atoms with Gasteiger partial charge in [-0.05, 0) is 44.4 Å². The third kappa shape index (κ3) is 2.15. The molecule has 0 bridgehead atoms. The van der Waals surface area contributed by atoms with Gasteiger partial charge in [-0.15, -0.1) is 10.2 Å². The molecule has 2 aromatic rings. The standard InChI is InChI=1S/C13H16N6S/c1-7-6-15-12(14)16-11(7)20-13-18-17-10(8-2-3-8)19(13)9-4-5-9/h6,8-9H,2-5H2,1H3,(H2,14,15,16). The van der Waals surface area contributed by atoms with Crippen molar-refractivity contribution in [1.82, 2.24) is 24.7 Å². The lowest BCUT2D eigenvalue weighted by atomic mass is 10.4. The third-order valence-corrected chi connectivity index (χ3v) is 4.74. The summed E-state index contributed by atoms with van der Waals surface area (Å²) in [6.45, 7) is 1.99. The van der Waals surface area contributed by atoms with E-state index in [0.717, 1.165) is 21.6 Å². The van der Waals surface area contributed by atoms with Crippen LogP contribution in [0.5, 0.6) is 0 Å². The predicted molar refractivity (Wildman–Crippen MR) is 75.6 cm³/mol. The van der Waals surface area contributed by atoms with Gasteiger partial charge in [0.15, 0.2) is 5.16 Å². The third-order valence-electron chi connectivity index (χ3n) is 3.68. The molecule has 0 atom stereocenters. The van der Waals surface area contributed by atoms with E-state index >= 15 is 0 Å². The number of rotatable bonds is 4. The van der Waals surface area contributed by atoms with Crippen LogP contribution in [0.25, 0.3) is 0 Å². The molecule has 2 aliphatic rings. The van der Waals surface area contributed by atoms with Crippen molar-refractivity contribution >= 4 is 17.7 Å². The van der Waals surface area contributed by atoms with E-state index in [1.54, 1.807) is 18.0 Å². The molecule has 2 aliphatic carbocycles. The fourth-order valence-electron chi connectivity index (χ4n) is 2.28. The molecule has 0 spiro atoms. The smallest absolute Gasteiger partial charge is 0.221 e. The quantitative estimate of drug-likeness (QED) is 0.869. The summed E-state index contributed by atoms with van der Waals surface area (Å²) in [6.07, 6.45) is 6.71. The van der Waals surface area contributed by atoms with Gasteiger partial charge in [0.1, 0.15) is 10.9 Å². The Morgan fingerprint density at radius 3 is 2.75 bits per heavy atom. The number of hydrogen-bond donors (Lipinski definition) is 1. The minimum atomic E-state index is 0.304. The highest BCUT2D eigenvalue weighted by molar-refractivity contribution is 7.99. The largest absolute Gasteiger partial charge is 0.368 e. The van der Waals surface area contributed by atoms with Gasteiger partial charge in [0.05, 0.1) is 0 Å². The van der Waals surface area contributed by atoms with Crippen molar-refractivity contribution in [2.24, 2.45) is 0 Å². The van der Waals surface area contributed by atoms with Gasteiger partial charge in [-0.2, -0.15) is 0 Å². The number of aromatic nitrogens is 5. The molecule has 0 saturated heterocycles. The highest BCUT2D eigenvalue weighted by Crippen LogP contribution is 2.46. The molecule has 7 heteroatoms. The van der Waals surface area contributed by atoms with Crippen LogP contribution in [0.4, 0.5) is 5.95 Å².